The summed E-state index contributed by atoms with van der Waals surface area (Å²) >= 11 is 0. The third kappa shape index (κ3) is 8.13. The summed E-state index contributed by atoms with van der Waals surface area (Å²) < 4.78 is 153. The highest BCUT2D eigenvalue weighted by molar-refractivity contribution is 5.52. The third-order valence-electron chi connectivity index (χ3n) is 5.24. The van der Waals surface area contributed by atoms with Crippen molar-refractivity contribution in [2.24, 2.45) is 0 Å². The summed E-state index contributed by atoms with van der Waals surface area (Å²) in [4.78, 5) is 0.833. The predicted octanol–water partition coefficient (Wildman–Crippen LogP) is 7.80. The van der Waals surface area contributed by atoms with Crippen molar-refractivity contribution in [2.45, 2.75) is 37.5 Å². The molecule has 0 aromatic heterocycles. The van der Waals surface area contributed by atoms with E-state index in [9.17, 15) is 53.4 Å². The van der Waals surface area contributed by atoms with Crippen LogP contribution in [0.5, 0.6) is 17.2 Å². The topological polar surface area (TPSA) is 41.9 Å². The van der Waals surface area contributed by atoms with E-state index in [1.165, 1.54) is 24.3 Å². The summed E-state index contributed by atoms with van der Waals surface area (Å²) in [5, 5.41) is 9.61. The Morgan fingerprint density at radius 1 is 0.775 bits per heavy atom. The fourth-order valence-electron chi connectivity index (χ4n) is 3.31. The molecular formula is C25H18F11NO3. The Morgan fingerprint density at radius 2 is 1.38 bits per heavy atom. The number of ether oxygens (including phenoxy) is 2. The number of rotatable bonds is 10. The van der Waals surface area contributed by atoms with Gasteiger partial charge in [-0.25, -0.2) is 4.39 Å². The van der Waals surface area contributed by atoms with E-state index in [4.69, 9.17) is 4.74 Å². The lowest BCUT2D eigenvalue weighted by molar-refractivity contribution is -0.253. The molecule has 3 rings (SSSR count). The molecule has 0 radical (unpaired) electrons. The molecule has 0 bridgehead atoms. The Morgan fingerprint density at radius 3 is 1.95 bits per heavy atom. The van der Waals surface area contributed by atoms with Crippen molar-refractivity contribution in [3.63, 3.8) is 0 Å². The quantitative estimate of drug-likeness (QED) is 0.245. The van der Waals surface area contributed by atoms with Crippen LogP contribution in [0.15, 0.2) is 66.7 Å². The average Bonchev–Trinajstić information content (AvgIpc) is 2.83. The van der Waals surface area contributed by atoms with Gasteiger partial charge in [0.1, 0.15) is 23.1 Å². The summed E-state index contributed by atoms with van der Waals surface area (Å²) in [6, 6.07) is 10.5. The summed E-state index contributed by atoms with van der Waals surface area (Å²) in [6.45, 7) is -1.86. The van der Waals surface area contributed by atoms with Crippen molar-refractivity contribution < 1.29 is 62.9 Å². The Kier molecular flexibility index (Phi) is 9.07. The number of benzene rings is 3. The second-order valence-corrected chi connectivity index (χ2v) is 8.28. The highest BCUT2D eigenvalue weighted by Crippen LogP contribution is 2.34. The second-order valence-electron chi connectivity index (χ2n) is 8.28. The van der Waals surface area contributed by atoms with Gasteiger partial charge < -0.3 is 19.5 Å². The number of halogens is 11. The van der Waals surface area contributed by atoms with E-state index in [0.29, 0.717) is 6.07 Å². The van der Waals surface area contributed by atoms with Crippen LogP contribution >= 0.6 is 0 Å². The normalized spacial score (nSPS) is 13.3. The van der Waals surface area contributed by atoms with E-state index < -0.39 is 66.8 Å². The van der Waals surface area contributed by atoms with E-state index in [2.05, 4.69) is 4.74 Å². The van der Waals surface area contributed by atoms with Gasteiger partial charge in [0.25, 0.3) is 0 Å². The summed E-state index contributed by atoms with van der Waals surface area (Å²) in [5.41, 5.74) is -1.83. The molecular weight excluding hydrogens is 571 g/mol. The van der Waals surface area contributed by atoms with E-state index in [1.807, 2.05) is 0 Å². The predicted molar refractivity (Wildman–Crippen MR) is 119 cm³/mol. The van der Waals surface area contributed by atoms with E-state index >= 15 is 0 Å². The van der Waals surface area contributed by atoms with Crippen LogP contribution in [0.4, 0.5) is 54.0 Å². The second kappa shape index (κ2) is 11.8. The zero-order valence-corrected chi connectivity index (χ0v) is 19.8. The van der Waals surface area contributed by atoms with E-state index in [0.717, 1.165) is 35.2 Å². The van der Waals surface area contributed by atoms with Crippen LogP contribution in [-0.4, -0.2) is 36.5 Å². The van der Waals surface area contributed by atoms with Crippen LogP contribution in [0.1, 0.15) is 11.1 Å². The number of nitrogens with zero attached hydrogens (tertiary/aromatic N) is 1. The first-order chi connectivity index (χ1) is 18.5. The van der Waals surface area contributed by atoms with Gasteiger partial charge in [0.15, 0.2) is 6.10 Å². The molecule has 0 aliphatic carbocycles. The summed E-state index contributed by atoms with van der Waals surface area (Å²) in [6.07, 6.45) is -21.8. The standard InChI is InChI=1S/C25H18F11NO3/c26-20-9-15(23(29,30)31)8-7-14(20)12-37(13-21(38)24(32,33)34)16-3-1-4-17(10-16)39-18-5-2-6-19(11-18)40-25(35,36)22(27)28/h1-11,21-22,38H,12-13H2/t21-/m1/s1. The summed E-state index contributed by atoms with van der Waals surface area (Å²) in [5.74, 6) is -2.36. The Hall–Kier alpha value is -3.75. The molecule has 0 saturated heterocycles. The zero-order chi connectivity index (χ0) is 29.9. The molecule has 40 heavy (non-hydrogen) atoms. The summed E-state index contributed by atoms with van der Waals surface area (Å²) in [7, 11) is 0. The van der Waals surface area contributed by atoms with Crippen LogP contribution in [0.3, 0.4) is 0 Å². The minimum Gasteiger partial charge on any atom is -0.457 e. The van der Waals surface area contributed by atoms with Gasteiger partial charge in [0.2, 0.25) is 0 Å². The molecule has 0 fully saturated rings. The number of aliphatic hydroxyl groups is 1. The number of alkyl halides is 10. The molecule has 0 unspecified atom stereocenters. The van der Waals surface area contributed by atoms with Crippen LogP contribution in [0, 0.1) is 5.82 Å². The monoisotopic (exact) mass is 589 g/mol. The van der Waals surface area contributed by atoms with Gasteiger partial charge in [0, 0.05) is 29.9 Å². The molecule has 0 heterocycles. The van der Waals surface area contributed by atoms with E-state index in [-0.39, 0.29) is 23.3 Å². The minimum atomic E-state index is -5.09. The fraction of sp³-hybridized carbons (Fsp3) is 0.280. The number of aliphatic hydroxyl groups excluding tert-OH is 1. The molecule has 218 valence electrons. The van der Waals surface area contributed by atoms with Gasteiger partial charge in [-0.3, -0.25) is 0 Å². The molecule has 1 N–H and O–H groups in total. The zero-order valence-electron chi connectivity index (χ0n) is 19.8. The molecule has 1 atom stereocenters. The van der Waals surface area contributed by atoms with Gasteiger partial charge >= 0.3 is 24.9 Å². The van der Waals surface area contributed by atoms with Crippen molar-refractivity contribution in [1.82, 2.24) is 0 Å². The smallest absolute Gasteiger partial charge is 0.457 e. The molecule has 0 aliphatic rings. The number of hydrogen-bond acceptors (Lipinski definition) is 4. The maximum atomic E-state index is 14.5. The molecule has 3 aromatic carbocycles. The van der Waals surface area contributed by atoms with Gasteiger partial charge in [-0.1, -0.05) is 18.2 Å². The first-order valence-corrected chi connectivity index (χ1v) is 11.0. The minimum absolute atomic E-state index is 0.100. The van der Waals surface area contributed by atoms with Crippen molar-refractivity contribution in [3.05, 3.63) is 83.7 Å². The van der Waals surface area contributed by atoms with Crippen molar-refractivity contribution in [2.75, 3.05) is 11.4 Å². The van der Waals surface area contributed by atoms with Crippen LogP contribution in [-0.2, 0) is 12.7 Å². The SMILES string of the molecule is O[C@H](CN(Cc1ccc(C(F)(F)F)cc1F)c1cccc(Oc2cccc(OC(F)(F)C(F)F)c2)c1)C(F)(F)F. The average molecular weight is 589 g/mol. The molecule has 3 aromatic rings. The number of hydrogen-bond donors (Lipinski definition) is 1. The van der Waals surface area contributed by atoms with E-state index in [1.54, 1.807) is 0 Å². The largest absolute Gasteiger partial charge is 0.461 e. The van der Waals surface area contributed by atoms with Crippen molar-refractivity contribution in [3.8, 4) is 17.2 Å². The van der Waals surface area contributed by atoms with Crippen molar-refractivity contribution in [1.29, 1.82) is 0 Å². The highest BCUT2D eigenvalue weighted by atomic mass is 19.4. The Bertz CT molecular complexity index is 1300. The first-order valence-electron chi connectivity index (χ1n) is 11.0. The van der Waals surface area contributed by atoms with Gasteiger partial charge in [-0.2, -0.15) is 43.9 Å². The van der Waals surface area contributed by atoms with Crippen LogP contribution in [0.2, 0.25) is 0 Å². The molecule has 0 aliphatic heterocycles. The number of anilines is 1. The highest BCUT2D eigenvalue weighted by Gasteiger charge is 2.44. The van der Waals surface area contributed by atoms with Gasteiger partial charge in [-0.05, 0) is 36.4 Å². The Labute approximate surface area is 219 Å². The van der Waals surface area contributed by atoms with Crippen LogP contribution in [0.25, 0.3) is 0 Å². The van der Waals surface area contributed by atoms with Crippen LogP contribution < -0.4 is 14.4 Å². The van der Waals surface area contributed by atoms with Gasteiger partial charge in [0.05, 0.1) is 12.1 Å². The lowest BCUT2D eigenvalue weighted by Crippen LogP contribution is -2.41. The molecule has 0 spiro atoms. The van der Waals surface area contributed by atoms with Gasteiger partial charge in [-0.15, -0.1) is 0 Å². The molecule has 4 nitrogen and oxygen atoms in total. The maximum Gasteiger partial charge on any atom is 0.461 e. The fourth-order valence-corrected chi connectivity index (χ4v) is 3.31. The maximum absolute atomic E-state index is 14.5. The van der Waals surface area contributed by atoms with Crippen molar-refractivity contribution >= 4 is 5.69 Å². The lowest BCUT2D eigenvalue weighted by Gasteiger charge is -2.29. The Balaban J connectivity index is 1.89. The molecule has 0 saturated carbocycles. The third-order valence-corrected chi connectivity index (χ3v) is 5.24. The first kappa shape index (κ1) is 30.8. The lowest BCUT2D eigenvalue weighted by atomic mass is 10.1. The molecule has 0 amide bonds. The molecule has 15 heteroatoms.